The Bertz CT molecular complexity index is 384. The Kier molecular flexibility index (Phi) is 4.11. The van der Waals surface area contributed by atoms with Crippen molar-refractivity contribution in [1.82, 2.24) is 10.3 Å². The fourth-order valence-electron chi connectivity index (χ4n) is 3.21. The van der Waals surface area contributed by atoms with Gasteiger partial charge < -0.3 is 14.8 Å². The average Bonchev–Trinajstić information content (AvgIpc) is 2.48. The molecule has 0 bridgehead atoms. The summed E-state index contributed by atoms with van der Waals surface area (Å²) < 4.78 is 11.9. The largest absolute Gasteiger partial charge is 0.377 e. The fraction of sp³-hybridized carbons (Fsp3) is 0.667. The topological polar surface area (TPSA) is 43.4 Å². The molecule has 0 aromatic carbocycles. The minimum Gasteiger partial charge on any atom is -0.377 e. The van der Waals surface area contributed by atoms with Crippen LogP contribution < -0.4 is 5.32 Å². The first-order valence-corrected chi connectivity index (χ1v) is 7.19. The van der Waals surface area contributed by atoms with Crippen LogP contribution in [0, 0.1) is 5.41 Å². The number of aromatic nitrogens is 1. The van der Waals surface area contributed by atoms with Crippen LogP contribution in [0.15, 0.2) is 24.4 Å². The van der Waals surface area contributed by atoms with Crippen molar-refractivity contribution in [3.8, 4) is 0 Å². The zero-order valence-electron chi connectivity index (χ0n) is 11.3. The number of nitrogens with one attached hydrogen (secondary N) is 1. The smallest absolute Gasteiger partial charge is 0.0888 e. The molecular formula is C15H22N2O2. The van der Waals surface area contributed by atoms with Crippen molar-refractivity contribution in [3.05, 3.63) is 30.1 Å². The van der Waals surface area contributed by atoms with Crippen molar-refractivity contribution >= 4 is 0 Å². The summed E-state index contributed by atoms with van der Waals surface area (Å²) in [6.07, 6.45) is 5.63. The molecule has 2 atom stereocenters. The van der Waals surface area contributed by atoms with E-state index >= 15 is 0 Å². The highest BCUT2D eigenvalue weighted by Gasteiger charge is 2.43. The lowest BCUT2D eigenvalue weighted by atomic mass is 9.73. The van der Waals surface area contributed by atoms with E-state index in [1.54, 1.807) is 0 Å². The van der Waals surface area contributed by atoms with Crippen LogP contribution in [-0.4, -0.2) is 37.4 Å². The van der Waals surface area contributed by atoms with E-state index in [2.05, 4.69) is 10.3 Å². The molecule has 2 fully saturated rings. The molecule has 2 aliphatic rings. The molecule has 1 aromatic rings. The second-order valence-electron chi connectivity index (χ2n) is 5.60. The Labute approximate surface area is 114 Å². The summed E-state index contributed by atoms with van der Waals surface area (Å²) in [6, 6.07) is 5.93. The van der Waals surface area contributed by atoms with Gasteiger partial charge in [-0.05, 0) is 37.9 Å². The number of pyridine rings is 1. The molecule has 1 N–H and O–H groups in total. The van der Waals surface area contributed by atoms with E-state index in [0.29, 0.717) is 12.7 Å². The highest BCUT2D eigenvalue weighted by molar-refractivity contribution is 5.02. The molecule has 3 heterocycles. The molecule has 2 saturated heterocycles. The van der Waals surface area contributed by atoms with E-state index in [0.717, 1.165) is 44.8 Å². The first kappa shape index (κ1) is 13.0. The molecule has 0 aliphatic carbocycles. The molecule has 4 nitrogen and oxygen atoms in total. The van der Waals surface area contributed by atoms with Gasteiger partial charge in [-0.15, -0.1) is 0 Å². The number of ether oxygens (including phenoxy) is 2. The second kappa shape index (κ2) is 5.99. The average molecular weight is 262 g/mol. The highest BCUT2D eigenvalue weighted by atomic mass is 16.5. The monoisotopic (exact) mass is 262 g/mol. The zero-order chi connectivity index (χ0) is 13.0. The van der Waals surface area contributed by atoms with Crippen LogP contribution in [0.3, 0.4) is 0 Å². The van der Waals surface area contributed by atoms with E-state index in [4.69, 9.17) is 9.47 Å². The fourth-order valence-corrected chi connectivity index (χ4v) is 3.21. The molecule has 3 rings (SSSR count). The lowest BCUT2D eigenvalue weighted by Gasteiger charge is -2.47. The van der Waals surface area contributed by atoms with Crippen LogP contribution in [0.4, 0.5) is 0 Å². The minimum atomic E-state index is 0.172. The zero-order valence-corrected chi connectivity index (χ0v) is 11.3. The predicted molar refractivity (Wildman–Crippen MR) is 72.8 cm³/mol. The van der Waals surface area contributed by atoms with Crippen molar-refractivity contribution in [1.29, 1.82) is 0 Å². The molecule has 1 aromatic heterocycles. The first-order valence-electron chi connectivity index (χ1n) is 7.19. The number of hydrogen-bond acceptors (Lipinski definition) is 4. The van der Waals surface area contributed by atoms with Gasteiger partial charge in [0.25, 0.3) is 0 Å². The molecule has 104 valence electrons. The standard InChI is InChI=1S/C15H22N2O2/c1-2-7-17-13(4-1)10-18-12-15-6-3-9-19-14(15)5-8-16-11-15/h1-2,4,7,14,16H,3,5-6,8-12H2/t14-,15+/m1/s1. The van der Waals surface area contributed by atoms with Crippen LogP contribution in [0.2, 0.25) is 0 Å². The van der Waals surface area contributed by atoms with Gasteiger partial charge in [0.1, 0.15) is 0 Å². The maximum atomic E-state index is 5.95. The molecular weight excluding hydrogens is 240 g/mol. The third-order valence-electron chi connectivity index (χ3n) is 4.25. The molecule has 0 saturated carbocycles. The third-order valence-corrected chi connectivity index (χ3v) is 4.25. The number of piperidine rings is 1. The van der Waals surface area contributed by atoms with Crippen molar-refractivity contribution < 1.29 is 9.47 Å². The van der Waals surface area contributed by atoms with Gasteiger partial charge in [0, 0.05) is 24.8 Å². The molecule has 19 heavy (non-hydrogen) atoms. The van der Waals surface area contributed by atoms with Crippen LogP contribution in [-0.2, 0) is 16.1 Å². The van der Waals surface area contributed by atoms with Gasteiger partial charge in [0.15, 0.2) is 0 Å². The molecule has 0 spiro atoms. The van der Waals surface area contributed by atoms with Gasteiger partial charge in [0.05, 0.1) is 25.0 Å². The third kappa shape index (κ3) is 2.96. The Morgan fingerprint density at radius 2 is 2.47 bits per heavy atom. The van der Waals surface area contributed by atoms with Gasteiger partial charge in [-0.3, -0.25) is 4.98 Å². The lowest BCUT2D eigenvalue weighted by molar-refractivity contribution is -0.132. The lowest BCUT2D eigenvalue weighted by Crippen LogP contribution is -2.55. The molecule has 0 unspecified atom stereocenters. The molecule has 4 heteroatoms. The van der Waals surface area contributed by atoms with Gasteiger partial charge in [-0.2, -0.15) is 0 Å². The second-order valence-corrected chi connectivity index (χ2v) is 5.60. The number of hydrogen-bond donors (Lipinski definition) is 1. The SMILES string of the molecule is c1ccc(COC[C@@]23CCCO[C@@H]2CCNC3)nc1. The van der Waals surface area contributed by atoms with Gasteiger partial charge >= 0.3 is 0 Å². The summed E-state index contributed by atoms with van der Waals surface area (Å²) in [5, 5.41) is 3.50. The number of fused-ring (bicyclic) bond motifs is 1. The van der Waals surface area contributed by atoms with Gasteiger partial charge in [-0.25, -0.2) is 0 Å². The van der Waals surface area contributed by atoms with E-state index in [-0.39, 0.29) is 5.41 Å². The summed E-state index contributed by atoms with van der Waals surface area (Å²) in [5.74, 6) is 0. The Morgan fingerprint density at radius 1 is 1.47 bits per heavy atom. The summed E-state index contributed by atoms with van der Waals surface area (Å²) in [4.78, 5) is 4.29. The van der Waals surface area contributed by atoms with Gasteiger partial charge in [0.2, 0.25) is 0 Å². The van der Waals surface area contributed by atoms with E-state index in [1.807, 2.05) is 24.4 Å². The van der Waals surface area contributed by atoms with Crippen LogP contribution >= 0.6 is 0 Å². The summed E-state index contributed by atoms with van der Waals surface area (Å²) in [5.41, 5.74) is 1.17. The number of rotatable bonds is 4. The number of nitrogens with zero attached hydrogens (tertiary/aromatic N) is 1. The molecule has 0 radical (unpaired) electrons. The van der Waals surface area contributed by atoms with E-state index < -0.39 is 0 Å². The summed E-state index contributed by atoms with van der Waals surface area (Å²) in [7, 11) is 0. The predicted octanol–water partition coefficient (Wildman–Crippen LogP) is 1.76. The normalized spacial score (nSPS) is 30.8. The van der Waals surface area contributed by atoms with Crippen LogP contribution in [0.25, 0.3) is 0 Å². The van der Waals surface area contributed by atoms with Gasteiger partial charge in [-0.1, -0.05) is 6.07 Å². The maximum Gasteiger partial charge on any atom is 0.0888 e. The van der Waals surface area contributed by atoms with E-state index in [1.165, 1.54) is 6.42 Å². The summed E-state index contributed by atoms with van der Waals surface area (Å²) in [6.45, 7) is 4.34. The maximum absolute atomic E-state index is 5.95. The van der Waals surface area contributed by atoms with Crippen LogP contribution in [0.1, 0.15) is 25.0 Å². The molecule has 0 amide bonds. The summed E-state index contributed by atoms with van der Waals surface area (Å²) >= 11 is 0. The van der Waals surface area contributed by atoms with Crippen molar-refractivity contribution in [3.63, 3.8) is 0 Å². The van der Waals surface area contributed by atoms with Crippen molar-refractivity contribution in [2.75, 3.05) is 26.3 Å². The quantitative estimate of drug-likeness (QED) is 0.898. The van der Waals surface area contributed by atoms with Crippen LogP contribution in [0.5, 0.6) is 0 Å². The first-order chi connectivity index (χ1) is 9.39. The highest BCUT2D eigenvalue weighted by Crippen LogP contribution is 2.38. The Hall–Kier alpha value is -0.970. The minimum absolute atomic E-state index is 0.172. The Balaban J connectivity index is 1.57. The van der Waals surface area contributed by atoms with E-state index in [9.17, 15) is 0 Å². The molecule has 2 aliphatic heterocycles. The Morgan fingerprint density at radius 3 is 3.37 bits per heavy atom. The van der Waals surface area contributed by atoms with Crippen molar-refractivity contribution in [2.24, 2.45) is 5.41 Å². The van der Waals surface area contributed by atoms with Crippen molar-refractivity contribution in [2.45, 2.75) is 32.0 Å².